The minimum atomic E-state index is 0.734. The largest absolute Gasteiger partial charge is 0.444 e. The fourth-order valence-electron chi connectivity index (χ4n) is 1.80. The molecule has 3 rings (SSSR count). The van der Waals surface area contributed by atoms with Crippen LogP contribution < -0.4 is 5.32 Å². The summed E-state index contributed by atoms with van der Waals surface area (Å²) >= 11 is 1.67. The molecular formula is C14H13N3OS. The minimum Gasteiger partial charge on any atom is -0.444 e. The second-order valence-corrected chi connectivity index (χ2v) is 5.13. The molecule has 0 radical (unpaired) electrons. The SMILES string of the molecule is Cc1csc(CNc2cccc(-c3cnco3)c2)n1. The standard InChI is InChI=1S/C14H13N3OS/c1-10-8-19-14(17-10)7-16-12-4-2-3-11(5-12)13-6-15-9-18-13/h2-6,8-9,16H,7H2,1H3. The summed E-state index contributed by atoms with van der Waals surface area (Å²) in [5.41, 5.74) is 3.12. The van der Waals surface area contributed by atoms with Crippen LogP contribution in [0.15, 0.2) is 46.7 Å². The van der Waals surface area contributed by atoms with Gasteiger partial charge in [-0.1, -0.05) is 12.1 Å². The Morgan fingerprint density at radius 1 is 1.37 bits per heavy atom. The van der Waals surface area contributed by atoms with Gasteiger partial charge in [0.05, 0.1) is 12.7 Å². The normalized spacial score (nSPS) is 10.6. The first-order valence-electron chi connectivity index (χ1n) is 5.95. The van der Waals surface area contributed by atoms with Crippen LogP contribution in [0.5, 0.6) is 0 Å². The van der Waals surface area contributed by atoms with Crippen molar-refractivity contribution in [1.82, 2.24) is 9.97 Å². The molecule has 0 saturated heterocycles. The molecule has 0 atom stereocenters. The molecule has 0 aliphatic rings. The van der Waals surface area contributed by atoms with Gasteiger partial charge in [0.25, 0.3) is 0 Å². The van der Waals surface area contributed by atoms with Crippen molar-refractivity contribution in [3.8, 4) is 11.3 Å². The molecule has 0 amide bonds. The zero-order valence-corrected chi connectivity index (χ0v) is 11.3. The van der Waals surface area contributed by atoms with E-state index in [0.717, 1.165) is 34.3 Å². The molecule has 0 aliphatic heterocycles. The number of thiazole rings is 1. The van der Waals surface area contributed by atoms with Gasteiger partial charge in [-0.15, -0.1) is 11.3 Å². The number of aryl methyl sites for hydroxylation is 1. The quantitative estimate of drug-likeness (QED) is 0.785. The molecule has 0 spiro atoms. The van der Waals surface area contributed by atoms with Gasteiger partial charge in [0.1, 0.15) is 5.01 Å². The lowest BCUT2D eigenvalue weighted by Crippen LogP contribution is -1.98. The Labute approximate surface area is 115 Å². The van der Waals surface area contributed by atoms with Gasteiger partial charge in [-0.05, 0) is 19.1 Å². The molecule has 19 heavy (non-hydrogen) atoms. The lowest BCUT2D eigenvalue weighted by molar-refractivity contribution is 0.572. The first-order chi connectivity index (χ1) is 9.31. The summed E-state index contributed by atoms with van der Waals surface area (Å²) in [6, 6.07) is 8.06. The summed E-state index contributed by atoms with van der Waals surface area (Å²) < 4.78 is 5.29. The molecule has 1 aromatic carbocycles. The van der Waals surface area contributed by atoms with E-state index >= 15 is 0 Å². The lowest BCUT2D eigenvalue weighted by atomic mass is 10.1. The van der Waals surface area contributed by atoms with Crippen molar-refractivity contribution in [2.45, 2.75) is 13.5 Å². The summed E-state index contributed by atoms with van der Waals surface area (Å²) in [6.07, 6.45) is 3.15. The molecular weight excluding hydrogens is 258 g/mol. The number of hydrogen-bond acceptors (Lipinski definition) is 5. The van der Waals surface area contributed by atoms with Gasteiger partial charge in [0.15, 0.2) is 12.2 Å². The second-order valence-electron chi connectivity index (χ2n) is 4.18. The van der Waals surface area contributed by atoms with E-state index in [9.17, 15) is 0 Å². The van der Waals surface area contributed by atoms with Crippen LogP contribution >= 0.6 is 11.3 Å². The molecule has 0 saturated carbocycles. The van der Waals surface area contributed by atoms with E-state index in [2.05, 4.69) is 20.7 Å². The Balaban J connectivity index is 1.73. The molecule has 0 unspecified atom stereocenters. The van der Waals surface area contributed by atoms with Crippen molar-refractivity contribution in [1.29, 1.82) is 0 Å². The number of nitrogens with one attached hydrogen (secondary N) is 1. The smallest absolute Gasteiger partial charge is 0.181 e. The fraction of sp³-hybridized carbons (Fsp3) is 0.143. The maximum atomic E-state index is 5.29. The molecule has 2 heterocycles. The van der Waals surface area contributed by atoms with Crippen molar-refractivity contribution in [2.75, 3.05) is 5.32 Å². The number of anilines is 1. The van der Waals surface area contributed by atoms with Crippen molar-refractivity contribution in [2.24, 2.45) is 0 Å². The number of nitrogens with zero attached hydrogens (tertiary/aromatic N) is 2. The van der Waals surface area contributed by atoms with E-state index in [1.54, 1.807) is 17.5 Å². The average molecular weight is 271 g/mol. The van der Waals surface area contributed by atoms with Crippen LogP contribution in [0.4, 0.5) is 5.69 Å². The van der Waals surface area contributed by atoms with Gasteiger partial charge in [-0.3, -0.25) is 0 Å². The monoisotopic (exact) mass is 271 g/mol. The molecule has 5 heteroatoms. The second kappa shape index (κ2) is 5.24. The third kappa shape index (κ3) is 2.82. The van der Waals surface area contributed by atoms with Crippen molar-refractivity contribution < 1.29 is 4.42 Å². The van der Waals surface area contributed by atoms with E-state index in [1.165, 1.54) is 6.39 Å². The summed E-state index contributed by atoms with van der Waals surface area (Å²) in [5.74, 6) is 0.772. The van der Waals surface area contributed by atoms with Gasteiger partial charge in [0.2, 0.25) is 0 Å². The number of oxazole rings is 1. The van der Waals surface area contributed by atoms with Crippen molar-refractivity contribution >= 4 is 17.0 Å². The summed E-state index contributed by atoms with van der Waals surface area (Å²) in [5, 5.41) is 6.51. The van der Waals surface area contributed by atoms with Crippen LogP contribution in [0.25, 0.3) is 11.3 Å². The van der Waals surface area contributed by atoms with Gasteiger partial charge >= 0.3 is 0 Å². The van der Waals surface area contributed by atoms with E-state index < -0.39 is 0 Å². The van der Waals surface area contributed by atoms with Gasteiger partial charge in [-0.2, -0.15) is 0 Å². The molecule has 1 N–H and O–H groups in total. The van der Waals surface area contributed by atoms with E-state index in [0.29, 0.717) is 0 Å². The first-order valence-corrected chi connectivity index (χ1v) is 6.83. The van der Waals surface area contributed by atoms with Crippen LogP contribution in [-0.2, 0) is 6.54 Å². The van der Waals surface area contributed by atoms with Crippen LogP contribution in [0.3, 0.4) is 0 Å². The average Bonchev–Trinajstić information content (AvgIpc) is 3.08. The number of rotatable bonds is 4. The van der Waals surface area contributed by atoms with Crippen molar-refractivity contribution in [3.05, 3.63) is 52.9 Å². The van der Waals surface area contributed by atoms with Gasteiger partial charge in [0, 0.05) is 22.3 Å². The predicted octanol–water partition coefficient (Wildman–Crippen LogP) is 3.72. The van der Waals surface area contributed by atoms with E-state index in [4.69, 9.17) is 4.42 Å². The predicted molar refractivity (Wildman–Crippen MR) is 76.1 cm³/mol. The summed E-state index contributed by atoms with van der Waals surface area (Å²) in [4.78, 5) is 8.35. The molecule has 2 aromatic heterocycles. The molecule has 3 aromatic rings. The Morgan fingerprint density at radius 3 is 3.05 bits per heavy atom. The fourth-order valence-corrected chi connectivity index (χ4v) is 2.51. The maximum Gasteiger partial charge on any atom is 0.181 e. The Kier molecular flexibility index (Phi) is 3.29. The van der Waals surface area contributed by atoms with Crippen LogP contribution in [-0.4, -0.2) is 9.97 Å². The number of benzene rings is 1. The van der Waals surface area contributed by atoms with Crippen LogP contribution in [0, 0.1) is 6.92 Å². The molecule has 0 bridgehead atoms. The highest BCUT2D eigenvalue weighted by atomic mass is 32.1. The molecule has 0 fully saturated rings. The molecule has 4 nitrogen and oxygen atoms in total. The zero-order chi connectivity index (χ0) is 13.1. The van der Waals surface area contributed by atoms with Gasteiger partial charge in [-0.25, -0.2) is 9.97 Å². The van der Waals surface area contributed by atoms with E-state index in [-0.39, 0.29) is 0 Å². The summed E-state index contributed by atoms with van der Waals surface area (Å²) in [7, 11) is 0. The lowest BCUT2D eigenvalue weighted by Gasteiger charge is -2.05. The highest BCUT2D eigenvalue weighted by molar-refractivity contribution is 7.09. The van der Waals surface area contributed by atoms with Gasteiger partial charge < -0.3 is 9.73 Å². The van der Waals surface area contributed by atoms with Crippen LogP contribution in [0.2, 0.25) is 0 Å². The zero-order valence-electron chi connectivity index (χ0n) is 10.5. The minimum absolute atomic E-state index is 0.734. The number of hydrogen-bond donors (Lipinski definition) is 1. The maximum absolute atomic E-state index is 5.29. The highest BCUT2D eigenvalue weighted by Gasteiger charge is 2.03. The number of aromatic nitrogens is 2. The first kappa shape index (κ1) is 11.9. The Morgan fingerprint density at radius 2 is 2.32 bits per heavy atom. The van der Waals surface area contributed by atoms with E-state index in [1.807, 2.05) is 31.2 Å². The highest BCUT2D eigenvalue weighted by Crippen LogP contribution is 2.22. The Bertz CT molecular complexity index is 661. The summed E-state index contributed by atoms with van der Waals surface area (Å²) in [6.45, 7) is 2.74. The molecule has 96 valence electrons. The third-order valence-electron chi connectivity index (χ3n) is 2.69. The third-order valence-corrected chi connectivity index (χ3v) is 3.66. The Hall–Kier alpha value is -2.14. The van der Waals surface area contributed by atoms with Crippen molar-refractivity contribution in [3.63, 3.8) is 0 Å². The topological polar surface area (TPSA) is 51.0 Å². The molecule has 0 aliphatic carbocycles. The van der Waals surface area contributed by atoms with Crippen LogP contribution in [0.1, 0.15) is 10.7 Å².